The van der Waals surface area contributed by atoms with Gasteiger partial charge in [0.1, 0.15) is 11.8 Å². The second kappa shape index (κ2) is 11.3. The van der Waals surface area contributed by atoms with Gasteiger partial charge in [0.2, 0.25) is 11.8 Å². The lowest BCUT2D eigenvalue weighted by molar-refractivity contribution is -0.138. The number of para-hydroxylation sites is 1. The fourth-order valence-corrected chi connectivity index (χ4v) is 5.13. The van der Waals surface area contributed by atoms with Crippen molar-refractivity contribution in [1.29, 1.82) is 0 Å². The average Bonchev–Trinajstić information content (AvgIpc) is 3.36. The van der Waals surface area contributed by atoms with Gasteiger partial charge in [-0.2, -0.15) is 0 Å². The van der Waals surface area contributed by atoms with Gasteiger partial charge in [-0.25, -0.2) is 0 Å². The third-order valence-corrected chi connectivity index (χ3v) is 6.87. The lowest BCUT2D eigenvalue weighted by atomic mass is 10.0. The second-order valence-corrected chi connectivity index (χ2v) is 9.01. The summed E-state index contributed by atoms with van der Waals surface area (Å²) in [7, 11) is 1.69. The van der Waals surface area contributed by atoms with Crippen LogP contribution < -0.4 is 10.1 Å². The van der Waals surface area contributed by atoms with Crippen LogP contribution in [0.25, 0.3) is 0 Å². The molecule has 0 spiro atoms. The first-order chi connectivity index (χ1) is 16.2. The van der Waals surface area contributed by atoms with Gasteiger partial charge < -0.3 is 15.0 Å². The lowest BCUT2D eigenvalue weighted by Crippen LogP contribution is -2.48. The van der Waals surface area contributed by atoms with Crippen molar-refractivity contribution in [2.45, 2.75) is 50.6 Å². The lowest BCUT2D eigenvalue weighted by Gasteiger charge is -2.36. The summed E-state index contributed by atoms with van der Waals surface area (Å²) < 4.78 is 5.64. The highest BCUT2D eigenvalue weighted by molar-refractivity contribution is 5.89. The van der Waals surface area contributed by atoms with E-state index in [4.69, 9.17) is 4.74 Å². The molecule has 0 bridgehead atoms. The molecule has 0 aliphatic carbocycles. The van der Waals surface area contributed by atoms with Crippen LogP contribution in [-0.4, -0.2) is 60.9 Å². The normalized spacial score (nSPS) is 19.8. The van der Waals surface area contributed by atoms with E-state index in [0.29, 0.717) is 19.5 Å². The van der Waals surface area contributed by atoms with E-state index in [1.54, 1.807) is 12.0 Å². The van der Waals surface area contributed by atoms with Crippen molar-refractivity contribution in [1.82, 2.24) is 15.1 Å². The van der Waals surface area contributed by atoms with Gasteiger partial charge >= 0.3 is 0 Å². The molecule has 2 atom stereocenters. The highest BCUT2D eigenvalue weighted by atomic mass is 16.5. The highest BCUT2D eigenvalue weighted by Crippen LogP contribution is 2.31. The van der Waals surface area contributed by atoms with Crippen LogP contribution in [0.4, 0.5) is 0 Å². The SMILES string of the molecule is COc1ccccc1C(CNC(=O)C1CCCN1C(=O)Cc1ccccc1)N1CCCCC1. The van der Waals surface area contributed by atoms with Crippen LogP contribution in [0.3, 0.4) is 0 Å². The Balaban J connectivity index is 1.43. The predicted molar refractivity (Wildman–Crippen MR) is 129 cm³/mol. The molecule has 2 amide bonds. The maximum absolute atomic E-state index is 13.2. The second-order valence-electron chi connectivity index (χ2n) is 9.01. The number of carbonyl (C=O) groups is 2. The molecule has 6 nitrogen and oxygen atoms in total. The first kappa shape index (κ1) is 23.3. The summed E-state index contributed by atoms with van der Waals surface area (Å²) in [5, 5.41) is 3.19. The molecule has 2 aliphatic rings. The third kappa shape index (κ3) is 5.74. The zero-order chi connectivity index (χ0) is 23.0. The molecule has 6 heteroatoms. The van der Waals surface area contributed by atoms with Gasteiger partial charge in [-0.3, -0.25) is 14.5 Å². The van der Waals surface area contributed by atoms with Gasteiger partial charge in [0.05, 0.1) is 19.6 Å². The van der Waals surface area contributed by atoms with Crippen molar-refractivity contribution >= 4 is 11.8 Å². The number of methoxy groups -OCH3 is 1. The van der Waals surface area contributed by atoms with Crippen molar-refractivity contribution in [3.05, 3.63) is 65.7 Å². The smallest absolute Gasteiger partial charge is 0.242 e. The number of hydrogen-bond donors (Lipinski definition) is 1. The van der Waals surface area contributed by atoms with Gasteiger partial charge in [0.15, 0.2) is 0 Å². The summed E-state index contributed by atoms with van der Waals surface area (Å²) in [5.74, 6) is 0.824. The zero-order valence-electron chi connectivity index (χ0n) is 19.5. The van der Waals surface area contributed by atoms with Crippen LogP contribution in [0.5, 0.6) is 5.75 Å². The van der Waals surface area contributed by atoms with E-state index in [9.17, 15) is 9.59 Å². The number of piperidine rings is 1. The molecule has 33 heavy (non-hydrogen) atoms. The number of likely N-dealkylation sites (tertiary alicyclic amines) is 2. The number of nitrogens with one attached hydrogen (secondary N) is 1. The van der Waals surface area contributed by atoms with E-state index in [-0.39, 0.29) is 23.9 Å². The Labute approximate surface area is 196 Å². The molecule has 2 aromatic rings. The number of carbonyl (C=O) groups excluding carboxylic acids is 2. The molecule has 176 valence electrons. The maximum Gasteiger partial charge on any atom is 0.242 e. The van der Waals surface area contributed by atoms with Gasteiger partial charge in [-0.15, -0.1) is 0 Å². The van der Waals surface area contributed by atoms with E-state index >= 15 is 0 Å². The quantitative estimate of drug-likeness (QED) is 0.669. The fourth-order valence-electron chi connectivity index (χ4n) is 5.13. The number of ether oxygens (including phenoxy) is 1. The minimum absolute atomic E-state index is 0.0242. The Hall–Kier alpha value is -2.86. The molecule has 1 N–H and O–H groups in total. The van der Waals surface area contributed by atoms with Gasteiger partial charge in [0, 0.05) is 18.7 Å². The molecule has 4 rings (SSSR count). The van der Waals surface area contributed by atoms with Crippen LogP contribution in [0.15, 0.2) is 54.6 Å². The Kier molecular flexibility index (Phi) is 8.00. The monoisotopic (exact) mass is 449 g/mol. The van der Waals surface area contributed by atoms with Crippen molar-refractivity contribution in [2.75, 3.05) is 33.3 Å². The topological polar surface area (TPSA) is 61.9 Å². The summed E-state index contributed by atoms with van der Waals surface area (Å²) in [4.78, 5) is 30.4. The van der Waals surface area contributed by atoms with E-state index in [1.165, 1.54) is 19.3 Å². The summed E-state index contributed by atoms with van der Waals surface area (Å²) in [6.45, 7) is 3.19. The molecule has 2 unspecified atom stereocenters. The minimum atomic E-state index is -0.388. The van der Waals surface area contributed by atoms with Crippen LogP contribution >= 0.6 is 0 Å². The molecule has 2 heterocycles. The molecular formula is C27H35N3O3. The number of benzene rings is 2. The van der Waals surface area contributed by atoms with E-state index in [1.807, 2.05) is 48.5 Å². The standard InChI is InChI=1S/C27H35N3O3/c1-33-25-15-7-6-13-22(25)24(29-16-8-3-9-17-29)20-28-27(32)23-14-10-18-30(23)26(31)19-21-11-4-2-5-12-21/h2,4-7,11-13,15,23-24H,3,8-10,14,16-20H2,1H3,(H,28,32). The Morgan fingerprint density at radius 2 is 1.70 bits per heavy atom. The van der Waals surface area contributed by atoms with Crippen molar-refractivity contribution in [3.8, 4) is 5.75 Å². The fraction of sp³-hybridized carbons (Fsp3) is 0.481. The minimum Gasteiger partial charge on any atom is -0.496 e. The van der Waals surface area contributed by atoms with Crippen LogP contribution in [-0.2, 0) is 16.0 Å². The summed E-state index contributed by atoms with van der Waals surface area (Å²) in [6.07, 6.45) is 5.51. The van der Waals surface area contributed by atoms with Crippen molar-refractivity contribution in [2.24, 2.45) is 0 Å². The molecular weight excluding hydrogens is 414 g/mol. The van der Waals surface area contributed by atoms with E-state index in [2.05, 4.69) is 16.3 Å². The summed E-state index contributed by atoms with van der Waals surface area (Å²) >= 11 is 0. The van der Waals surface area contributed by atoms with Gasteiger partial charge in [-0.05, 0) is 50.4 Å². The number of amides is 2. The molecule has 2 aromatic carbocycles. The maximum atomic E-state index is 13.2. The van der Waals surface area contributed by atoms with Crippen molar-refractivity contribution < 1.29 is 14.3 Å². The Bertz CT molecular complexity index is 927. The Morgan fingerprint density at radius 3 is 2.45 bits per heavy atom. The van der Waals surface area contributed by atoms with Crippen LogP contribution in [0.2, 0.25) is 0 Å². The van der Waals surface area contributed by atoms with Gasteiger partial charge in [-0.1, -0.05) is 55.0 Å². The van der Waals surface area contributed by atoms with Crippen LogP contribution in [0.1, 0.15) is 49.3 Å². The van der Waals surface area contributed by atoms with E-state index < -0.39 is 0 Å². The molecule has 2 saturated heterocycles. The molecule has 0 saturated carbocycles. The molecule has 2 aliphatic heterocycles. The molecule has 2 fully saturated rings. The summed E-state index contributed by atoms with van der Waals surface area (Å²) in [5.41, 5.74) is 2.08. The number of rotatable bonds is 8. The van der Waals surface area contributed by atoms with E-state index in [0.717, 1.165) is 42.8 Å². The first-order valence-corrected chi connectivity index (χ1v) is 12.2. The summed E-state index contributed by atoms with van der Waals surface area (Å²) in [6, 6.07) is 17.5. The predicted octanol–water partition coefficient (Wildman–Crippen LogP) is 3.57. The third-order valence-electron chi connectivity index (χ3n) is 6.87. The number of hydrogen-bond acceptors (Lipinski definition) is 4. The zero-order valence-corrected chi connectivity index (χ0v) is 19.5. The molecule has 0 radical (unpaired) electrons. The molecule has 0 aromatic heterocycles. The van der Waals surface area contributed by atoms with Crippen LogP contribution in [0, 0.1) is 0 Å². The Morgan fingerprint density at radius 1 is 0.970 bits per heavy atom. The number of nitrogens with zero attached hydrogens (tertiary/aromatic N) is 2. The van der Waals surface area contributed by atoms with Gasteiger partial charge in [0.25, 0.3) is 0 Å². The average molecular weight is 450 g/mol. The van der Waals surface area contributed by atoms with Crippen molar-refractivity contribution in [3.63, 3.8) is 0 Å². The first-order valence-electron chi connectivity index (χ1n) is 12.2. The largest absolute Gasteiger partial charge is 0.496 e. The highest BCUT2D eigenvalue weighted by Gasteiger charge is 2.34.